The van der Waals surface area contributed by atoms with Gasteiger partial charge in [-0.2, -0.15) is 0 Å². The predicted molar refractivity (Wildman–Crippen MR) is 147 cm³/mol. The second kappa shape index (κ2) is 13.4. The van der Waals surface area contributed by atoms with Crippen LogP contribution in [0.15, 0.2) is 78.9 Å². The Bertz CT molecular complexity index is 1100. The average molecular weight is 509 g/mol. The summed E-state index contributed by atoms with van der Waals surface area (Å²) < 4.78 is 0. The molecule has 0 radical (unpaired) electrons. The number of hydrogen-bond donors (Lipinski definition) is 1. The number of halogens is 1. The van der Waals surface area contributed by atoms with Gasteiger partial charge in [0.15, 0.2) is 0 Å². The second-order valence-corrected chi connectivity index (χ2v) is 10.4. The summed E-state index contributed by atoms with van der Waals surface area (Å²) in [6.07, 6.45) is 0.446. The summed E-state index contributed by atoms with van der Waals surface area (Å²) in [5.41, 5.74) is 4.37. The molecule has 3 aromatic carbocycles. The fourth-order valence-electron chi connectivity index (χ4n) is 3.82. The van der Waals surface area contributed by atoms with Crippen LogP contribution in [0.25, 0.3) is 0 Å². The van der Waals surface area contributed by atoms with Crippen LogP contribution in [0.3, 0.4) is 0 Å². The average Bonchev–Trinajstić information content (AvgIpc) is 2.84. The highest BCUT2D eigenvalue weighted by atomic mass is 35.5. The number of rotatable bonds is 11. The van der Waals surface area contributed by atoms with Gasteiger partial charge < -0.3 is 10.2 Å². The number of benzene rings is 3. The summed E-state index contributed by atoms with van der Waals surface area (Å²) in [4.78, 5) is 28.7. The Balaban J connectivity index is 1.84. The largest absolute Gasteiger partial charge is 0.352 e. The minimum atomic E-state index is -0.623. The topological polar surface area (TPSA) is 49.4 Å². The van der Waals surface area contributed by atoms with Crippen LogP contribution in [0.1, 0.15) is 36.1 Å². The van der Waals surface area contributed by atoms with E-state index in [0.29, 0.717) is 23.7 Å². The number of nitrogens with one attached hydrogen (secondary N) is 1. The molecule has 0 spiro atoms. The lowest BCUT2D eigenvalue weighted by Gasteiger charge is -2.32. The van der Waals surface area contributed by atoms with Crippen LogP contribution in [0.5, 0.6) is 0 Å². The smallest absolute Gasteiger partial charge is 0.243 e. The highest BCUT2D eigenvalue weighted by Crippen LogP contribution is 2.20. The first kappa shape index (κ1) is 26.8. The maximum Gasteiger partial charge on any atom is 0.243 e. The van der Waals surface area contributed by atoms with E-state index in [9.17, 15) is 9.59 Å². The fourth-order valence-corrected chi connectivity index (χ4v) is 4.94. The molecule has 184 valence electrons. The number of thioether (sulfide) groups is 1. The number of hydrogen-bond acceptors (Lipinski definition) is 3. The molecular formula is C29H33ClN2O2S. The van der Waals surface area contributed by atoms with Crippen LogP contribution in [-0.2, 0) is 28.3 Å². The van der Waals surface area contributed by atoms with Crippen molar-refractivity contribution in [2.45, 2.75) is 51.6 Å². The Kier molecular flexibility index (Phi) is 10.2. The van der Waals surface area contributed by atoms with Crippen molar-refractivity contribution in [2.75, 3.05) is 5.75 Å². The highest BCUT2D eigenvalue weighted by Gasteiger charge is 2.30. The molecule has 0 aliphatic rings. The van der Waals surface area contributed by atoms with Gasteiger partial charge in [-0.15, -0.1) is 11.8 Å². The quantitative estimate of drug-likeness (QED) is 0.343. The second-order valence-electron chi connectivity index (χ2n) is 8.94. The van der Waals surface area contributed by atoms with E-state index in [1.807, 2.05) is 80.6 Å². The van der Waals surface area contributed by atoms with Crippen LogP contribution >= 0.6 is 23.4 Å². The van der Waals surface area contributed by atoms with Crippen LogP contribution in [-0.4, -0.2) is 34.6 Å². The number of carbonyl (C=O) groups is 2. The van der Waals surface area contributed by atoms with Gasteiger partial charge in [0.25, 0.3) is 0 Å². The molecule has 3 rings (SSSR count). The van der Waals surface area contributed by atoms with Gasteiger partial charge in [-0.3, -0.25) is 9.59 Å². The van der Waals surface area contributed by atoms with E-state index in [1.165, 1.54) is 11.1 Å². The third-order valence-corrected chi connectivity index (χ3v) is 6.93. The molecule has 0 saturated heterocycles. The summed E-state index contributed by atoms with van der Waals surface area (Å²) in [6.45, 7) is 6.28. The van der Waals surface area contributed by atoms with E-state index in [4.69, 9.17) is 11.6 Å². The molecule has 3 aromatic rings. The minimum absolute atomic E-state index is 0.0244. The first-order valence-electron chi connectivity index (χ1n) is 11.8. The molecule has 0 saturated carbocycles. The molecular weight excluding hydrogens is 476 g/mol. The zero-order valence-corrected chi connectivity index (χ0v) is 22.1. The van der Waals surface area contributed by atoms with E-state index in [0.717, 1.165) is 16.9 Å². The van der Waals surface area contributed by atoms with Gasteiger partial charge in [0, 0.05) is 29.8 Å². The van der Waals surface area contributed by atoms with Gasteiger partial charge in [0.1, 0.15) is 6.04 Å². The molecule has 4 nitrogen and oxygen atoms in total. The SMILES string of the molecule is Cc1ccccc1CSCC(=O)N(Cc1ccc(Cl)cc1)[C@H](Cc1ccccc1)C(=O)NC(C)C. The Hall–Kier alpha value is -2.76. The third-order valence-electron chi connectivity index (χ3n) is 5.71. The standard InChI is InChI=1S/C29H33ClN2O2S/c1-21(2)31-29(34)27(17-23-10-5-4-6-11-23)32(18-24-13-15-26(30)16-14-24)28(33)20-35-19-25-12-8-7-9-22(25)3/h4-16,21,27H,17-20H2,1-3H3,(H,31,34)/t27-/m1/s1. The number of carbonyl (C=O) groups excluding carboxylic acids is 2. The van der Waals surface area contributed by atoms with Crippen LogP contribution in [0.4, 0.5) is 0 Å². The van der Waals surface area contributed by atoms with E-state index in [1.54, 1.807) is 16.7 Å². The maximum absolute atomic E-state index is 13.6. The molecule has 0 fully saturated rings. The molecule has 0 aromatic heterocycles. The Morgan fingerprint density at radius 3 is 2.23 bits per heavy atom. The zero-order valence-electron chi connectivity index (χ0n) is 20.5. The molecule has 0 aliphatic heterocycles. The van der Waals surface area contributed by atoms with Gasteiger partial charge in [-0.1, -0.05) is 78.3 Å². The molecule has 1 atom stereocenters. The van der Waals surface area contributed by atoms with Crippen molar-refractivity contribution < 1.29 is 9.59 Å². The third kappa shape index (κ3) is 8.44. The van der Waals surface area contributed by atoms with Gasteiger partial charge in [0.05, 0.1) is 5.75 Å². The predicted octanol–water partition coefficient (Wildman–Crippen LogP) is 6.05. The van der Waals surface area contributed by atoms with Gasteiger partial charge in [-0.05, 0) is 55.2 Å². The van der Waals surface area contributed by atoms with Crippen molar-refractivity contribution in [3.63, 3.8) is 0 Å². The fraction of sp³-hybridized carbons (Fsp3) is 0.310. The van der Waals surface area contributed by atoms with E-state index >= 15 is 0 Å². The first-order chi connectivity index (χ1) is 16.8. The van der Waals surface area contributed by atoms with E-state index in [-0.39, 0.29) is 17.9 Å². The zero-order chi connectivity index (χ0) is 25.2. The maximum atomic E-state index is 13.6. The normalized spacial score (nSPS) is 11.8. The molecule has 0 unspecified atom stereocenters. The van der Waals surface area contributed by atoms with E-state index < -0.39 is 6.04 Å². The molecule has 1 N–H and O–H groups in total. The van der Waals surface area contributed by atoms with Gasteiger partial charge in [0.2, 0.25) is 11.8 Å². The summed E-state index contributed by atoms with van der Waals surface area (Å²) in [5.74, 6) is 0.838. The molecule has 2 amide bonds. The summed E-state index contributed by atoms with van der Waals surface area (Å²) >= 11 is 7.66. The molecule has 35 heavy (non-hydrogen) atoms. The number of nitrogens with zero attached hydrogens (tertiary/aromatic N) is 1. The van der Waals surface area contributed by atoms with Crippen molar-refractivity contribution in [1.82, 2.24) is 10.2 Å². The van der Waals surface area contributed by atoms with Crippen molar-refractivity contribution in [2.24, 2.45) is 0 Å². The van der Waals surface area contributed by atoms with Crippen molar-refractivity contribution in [3.8, 4) is 0 Å². The molecule has 0 heterocycles. The molecule has 0 bridgehead atoms. The van der Waals surface area contributed by atoms with Crippen LogP contribution < -0.4 is 5.32 Å². The number of aryl methyl sites for hydroxylation is 1. The summed E-state index contributed by atoms with van der Waals surface area (Å²) in [6, 6.07) is 24.8. The van der Waals surface area contributed by atoms with Crippen molar-refractivity contribution in [3.05, 3.63) is 106 Å². The molecule has 6 heteroatoms. The van der Waals surface area contributed by atoms with Gasteiger partial charge in [-0.25, -0.2) is 0 Å². The van der Waals surface area contributed by atoms with Crippen molar-refractivity contribution in [1.29, 1.82) is 0 Å². The highest BCUT2D eigenvalue weighted by molar-refractivity contribution is 7.99. The number of amides is 2. The lowest BCUT2D eigenvalue weighted by Crippen LogP contribution is -2.52. The van der Waals surface area contributed by atoms with Crippen molar-refractivity contribution >= 4 is 35.2 Å². The summed E-state index contributed by atoms with van der Waals surface area (Å²) in [5, 5.41) is 3.66. The first-order valence-corrected chi connectivity index (χ1v) is 13.4. The Morgan fingerprint density at radius 2 is 1.57 bits per heavy atom. The molecule has 0 aliphatic carbocycles. The van der Waals surface area contributed by atoms with Gasteiger partial charge >= 0.3 is 0 Å². The lowest BCUT2D eigenvalue weighted by atomic mass is 10.0. The minimum Gasteiger partial charge on any atom is -0.352 e. The van der Waals surface area contributed by atoms with Crippen LogP contribution in [0, 0.1) is 6.92 Å². The monoisotopic (exact) mass is 508 g/mol. The van der Waals surface area contributed by atoms with E-state index in [2.05, 4.69) is 24.4 Å². The summed E-state index contributed by atoms with van der Waals surface area (Å²) in [7, 11) is 0. The van der Waals surface area contributed by atoms with Crippen LogP contribution in [0.2, 0.25) is 5.02 Å². The Morgan fingerprint density at radius 1 is 0.914 bits per heavy atom. The Labute approximate surface area is 218 Å². The lowest BCUT2D eigenvalue weighted by molar-refractivity contribution is -0.139.